The standard InChI is InChI=1S/C26H28N2O6/c1-27(2)13-6-14-28-22(16-9-11-18(32-3)12-10-16)21(24(30)26(28)31)23(29)20-15-17-7-5-8-19(33-4)25(17)34-20/h5,7-12,15,22,30H,6,13-14H2,1-4H3. The highest BCUT2D eigenvalue weighted by atomic mass is 16.5. The van der Waals surface area contributed by atoms with Crippen LogP contribution >= 0.6 is 0 Å². The average molecular weight is 465 g/mol. The summed E-state index contributed by atoms with van der Waals surface area (Å²) >= 11 is 0. The van der Waals surface area contributed by atoms with Crippen LogP contribution < -0.4 is 19.5 Å². The number of benzene rings is 2. The summed E-state index contributed by atoms with van der Waals surface area (Å²) in [5, 5.41) is 13.8. The SMILES string of the molecule is COc1ccc(C2C(C(=O)c3cc4cccc(OC)c4o3)=C([O-])C(=O)N2CCC[NH+](C)C)cc1. The van der Waals surface area contributed by atoms with Crippen LogP contribution in [0.4, 0.5) is 0 Å². The maximum absolute atomic E-state index is 13.6. The van der Waals surface area contributed by atoms with Gasteiger partial charge in [0.15, 0.2) is 17.1 Å². The molecule has 1 aliphatic rings. The molecule has 0 fully saturated rings. The van der Waals surface area contributed by atoms with Gasteiger partial charge in [0, 0.05) is 23.9 Å². The van der Waals surface area contributed by atoms with E-state index in [4.69, 9.17) is 13.9 Å². The van der Waals surface area contributed by atoms with Crippen molar-refractivity contribution < 1.29 is 33.5 Å². The fraction of sp³-hybridized carbons (Fsp3) is 0.308. The summed E-state index contributed by atoms with van der Waals surface area (Å²) < 4.78 is 16.4. The summed E-state index contributed by atoms with van der Waals surface area (Å²) in [6.07, 6.45) is 0.692. The quantitative estimate of drug-likeness (QED) is 0.481. The Balaban J connectivity index is 1.76. The molecule has 8 heteroatoms. The summed E-state index contributed by atoms with van der Waals surface area (Å²) in [7, 11) is 7.12. The van der Waals surface area contributed by atoms with E-state index >= 15 is 0 Å². The van der Waals surface area contributed by atoms with Crippen LogP contribution in [-0.2, 0) is 4.79 Å². The predicted molar refractivity (Wildman–Crippen MR) is 124 cm³/mol. The van der Waals surface area contributed by atoms with Crippen molar-refractivity contribution in [3.05, 3.63) is 71.2 Å². The topological polar surface area (TPSA) is 96.5 Å². The van der Waals surface area contributed by atoms with E-state index in [-0.39, 0.29) is 11.3 Å². The second kappa shape index (κ2) is 9.61. The Bertz CT molecular complexity index is 1240. The van der Waals surface area contributed by atoms with E-state index in [1.807, 2.05) is 14.1 Å². The van der Waals surface area contributed by atoms with Crippen LogP contribution in [0.5, 0.6) is 11.5 Å². The fourth-order valence-corrected chi connectivity index (χ4v) is 4.28. The number of nitrogens with one attached hydrogen (secondary N) is 1. The molecule has 3 aromatic rings. The molecule has 1 atom stereocenters. The number of furan rings is 1. The highest BCUT2D eigenvalue weighted by Gasteiger charge is 2.40. The number of para-hydroxylation sites is 1. The monoisotopic (exact) mass is 464 g/mol. The van der Waals surface area contributed by atoms with Gasteiger partial charge in [-0.05, 0) is 35.6 Å². The molecule has 2 heterocycles. The number of hydrogen-bond acceptors (Lipinski definition) is 6. The molecule has 0 saturated carbocycles. The summed E-state index contributed by atoms with van der Waals surface area (Å²) in [5.74, 6) is -0.955. The molecule has 0 aliphatic carbocycles. The number of ether oxygens (including phenoxy) is 2. The van der Waals surface area contributed by atoms with E-state index in [0.717, 1.165) is 6.54 Å². The maximum atomic E-state index is 13.6. The molecule has 4 rings (SSSR count). The first-order chi connectivity index (χ1) is 16.3. The number of ketones is 1. The van der Waals surface area contributed by atoms with Gasteiger partial charge < -0.3 is 28.8 Å². The Morgan fingerprint density at radius 1 is 1.12 bits per heavy atom. The molecule has 34 heavy (non-hydrogen) atoms. The predicted octanol–water partition coefficient (Wildman–Crippen LogP) is 1.37. The van der Waals surface area contributed by atoms with Gasteiger partial charge in [0.25, 0.3) is 0 Å². The Morgan fingerprint density at radius 3 is 2.50 bits per heavy atom. The van der Waals surface area contributed by atoms with Crippen LogP contribution in [0.25, 0.3) is 11.0 Å². The molecular formula is C26H28N2O6. The molecule has 2 aromatic carbocycles. The number of Topliss-reactive ketones (excluding diaryl/α,β-unsaturated/α-hetero) is 1. The van der Waals surface area contributed by atoms with Crippen LogP contribution in [0.15, 0.2) is 64.3 Å². The molecule has 0 spiro atoms. The van der Waals surface area contributed by atoms with Gasteiger partial charge in [0.1, 0.15) is 5.75 Å². The molecule has 1 aliphatic heterocycles. The largest absolute Gasteiger partial charge is 0.868 e. The summed E-state index contributed by atoms with van der Waals surface area (Å²) in [6, 6.07) is 13.1. The lowest BCUT2D eigenvalue weighted by Gasteiger charge is -2.27. The van der Waals surface area contributed by atoms with Gasteiger partial charge in [-0.25, -0.2) is 0 Å². The molecule has 1 unspecified atom stereocenters. The van der Waals surface area contributed by atoms with E-state index in [9.17, 15) is 14.7 Å². The van der Waals surface area contributed by atoms with Crippen molar-refractivity contribution in [3.8, 4) is 11.5 Å². The number of carbonyl (C=O) groups excluding carboxylic acids is 2. The van der Waals surface area contributed by atoms with Crippen LogP contribution in [0, 0.1) is 0 Å². The van der Waals surface area contributed by atoms with Crippen LogP contribution in [0.1, 0.15) is 28.6 Å². The van der Waals surface area contributed by atoms with Crippen molar-refractivity contribution in [3.63, 3.8) is 0 Å². The first-order valence-corrected chi connectivity index (χ1v) is 11.1. The molecule has 1 amide bonds. The van der Waals surface area contributed by atoms with Crippen molar-refractivity contribution in [2.24, 2.45) is 0 Å². The lowest BCUT2D eigenvalue weighted by atomic mass is 9.95. The number of quaternary nitrogens is 1. The first-order valence-electron chi connectivity index (χ1n) is 11.1. The van der Waals surface area contributed by atoms with E-state index < -0.39 is 23.5 Å². The third-order valence-corrected chi connectivity index (χ3v) is 5.99. The molecule has 0 saturated heterocycles. The molecule has 8 nitrogen and oxygen atoms in total. The number of amides is 1. The second-order valence-electron chi connectivity index (χ2n) is 8.55. The number of methoxy groups -OCH3 is 2. The Morgan fingerprint density at radius 2 is 1.85 bits per heavy atom. The zero-order valence-corrected chi connectivity index (χ0v) is 19.7. The van der Waals surface area contributed by atoms with Crippen LogP contribution in [-0.4, -0.2) is 58.0 Å². The fourth-order valence-electron chi connectivity index (χ4n) is 4.28. The van der Waals surface area contributed by atoms with E-state index in [1.54, 1.807) is 55.6 Å². The third-order valence-electron chi connectivity index (χ3n) is 5.99. The second-order valence-corrected chi connectivity index (χ2v) is 8.55. The van der Waals surface area contributed by atoms with Gasteiger partial charge in [0.05, 0.1) is 40.9 Å². The molecular weight excluding hydrogens is 436 g/mol. The molecule has 0 bridgehead atoms. The summed E-state index contributed by atoms with van der Waals surface area (Å²) in [6.45, 7) is 1.18. The van der Waals surface area contributed by atoms with E-state index in [2.05, 4.69) is 0 Å². The van der Waals surface area contributed by atoms with Gasteiger partial charge in [-0.2, -0.15) is 0 Å². The number of fused-ring (bicyclic) bond motifs is 1. The van der Waals surface area contributed by atoms with E-state index in [1.165, 1.54) is 16.9 Å². The Kier molecular flexibility index (Phi) is 6.61. The zero-order valence-electron chi connectivity index (χ0n) is 19.7. The van der Waals surface area contributed by atoms with Crippen molar-refractivity contribution in [2.45, 2.75) is 12.5 Å². The molecule has 178 valence electrons. The number of nitrogens with zero attached hydrogens (tertiary/aromatic N) is 1. The van der Waals surface area contributed by atoms with Gasteiger partial charge in [0.2, 0.25) is 11.7 Å². The molecule has 1 N–H and O–H groups in total. The van der Waals surface area contributed by atoms with Crippen molar-refractivity contribution in [1.29, 1.82) is 0 Å². The normalized spacial score (nSPS) is 16.1. The third kappa shape index (κ3) is 4.24. The average Bonchev–Trinajstić information content (AvgIpc) is 3.38. The minimum Gasteiger partial charge on any atom is -0.868 e. The Labute approximate surface area is 198 Å². The van der Waals surface area contributed by atoms with Crippen molar-refractivity contribution in [1.82, 2.24) is 4.90 Å². The van der Waals surface area contributed by atoms with Gasteiger partial charge in [-0.1, -0.05) is 24.3 Å². The zero-order chi connectivity index (χ0) is 24.4. The summed E-state index contributed by atoms with van der Waals surface area (Å²) in [4.78, 5) is 29.4. The Hall–Kier alpha value is -3.78. The molecule has 0 radical (unpaired) electrons. The number of hydrogen-bond donors (Lipinski definition) is 1. The molecule has 1 aromatic heterocycles. The highest BCUT2D eigenvalue weighted by molar-refractivity contribution is 6.15. The number of rotatable bonds is 9. The smallest absolute Gasteiger partial charge is 0.239 e. The summed E-state index contributed by atoms with van der Waals surface area (Å²) in [5.41, 5.74) is 0.970. The van der Waals surface area contributed by atoms with Gasteiger partial charge >= 0.3 is 0 Å². The minimum absolute atomic E-state index is 0.00579. The lowest BCUT2D eigenvalue weighted by Crippen LogP contribution is -3.05. The van der Waals surface area contributed by atoms with Crippen molar-refractivity contribution >= 4 is 22.7 Å². The lowest BCUT2D eigenvalue weighted by molar-refractivity contribution is -0.858. The maximum Gasteiger partial charge on any atom is 0.239 e. The number of carbonyl (C=O) groups is 2. The van der Waals surface area contributed by atoms with Crippen molar-refractivity contribution in [2.75, 3.05) is 41.4 Å². The van der Waals surface area contributed by atoms with Gasteiger partial charge in [-0.15, -0.1) is 0 Å². The van der Waals surface area contributed by atoms with Crippen LogP contribution in [0.3, 0.4) is 0 Å². The van der Waals surface area contributed by atoms with E-state index in [0.29, 0.717) is 41.0 Å². The van der Waals surface area contributed by atoms with Gasteiger partial charge in [-0.3, -0.25) is 9.59 Å². The van der Waals surface area contributed by atoms with Crippen LogP contribution in [0.2, 0.25) is 0 Å². The highest BCUT2D eigenvalue weighted by Crippen LogP contribution is 2.40. The minimum atomic E-state index is -0.800. The first kappa shape index (κ1) is 23.4.